The van der Waals surface area contributed by atoms with Crippen LogP contribution < -0.4 is 19.9 Å². The summed E-state index contributed by atoms with van der Waals surface area (Å²) in [6.07, 6.45) is 4.82. The van der Waals surface area contributed by atoms with Gasteiger partial charge >= 0.3 is 5.97 Å². The number of unbranched alkanes of at least 4 members (excludes halogenated alkanes) is 1. The molecule has 7 heteroatoms. The number of ether oxygens (including phenoxy) is 3. The summed E-state index contributed by atoms with van der Waals surface area (Å²) in [5, 5.41) is 10.4. The fourth-order valence-electron chi connectivity index (χ4n) is 3.91. The van der Waals surface area contributed by atoms with Gasteiger partial charge in [-0.25, -0.2) is 4.79 Å². The third-order valence-electron chi connectivity index (χ3n) is 5.70. The third-order valence-corrected chi connectivity index (χ3v) is 6.04. The Morgan fingerprint density at radius 3 is 2.69 bits per heavy atom. The zero-order valence-corrected chi connectivity index (χ0v) is 20.5. The molecule has 1 aliphatic heterocycles. The zero-order valence-electron chi connectivity index (χ0n) is 19.7. The molecule has 0 amide bonds. The van der Waals surface area contributed by atoms with Gasteiger partial charge in [0.05, 0.1) is 12.5 Å². The number of hydrogen-bond donors (Lipinski definition) is 1. The Hall–Kier alpha value is -4.21. The number of carbonyl (C=O) groups excluding carboxylic acids is 1. The quantitative estimate of drug-likeness (QED) is 0.167. The lowest BCUT2D eigenvalue weighted by Crippen LogP contribution is -2.21. The van der Waals surface area contributed by atoms with E-state index in [1.807, 2.05) is 36.4 Å². The van der Waals surface area contributed by atoms with E-state index < -0.39 is 11.9 Å². The SMILES string of the molecule is CCCCOc1ccccc1C1C(C#N)=C(N)Oc2cc(OC(=O)/C=C/c3ccccc3Cl)ccc21. The molecule has 3 aromatic carbocycles. The van der Waals surface area contributed by atoms with E-state index >= 15 is 0 Å². The van der Waals surface area contributed by atoms with E-state index in [1.165, 1.54) is 6.08 Å². The van der Waals surface area contributed by atoms with Gasteiger partial charge in [0.2, 0.25) is 5.88 Å². The van der Waals surface area contributed by atoms with Gasteiger partial charge in [-0.1, -0.05) is 67.4 Å². The predicted octanol–water partition coefficient (Wildman–Crippen LogP) is 6.36. The fourth-order valence-corrected chi connectivity index (χ4v) is 4.11. The molecule has 1 aliphatic rings. The van der Waals surface area contributed by atoms with Crippen LogP contribution in [0.3, 0.4) is 0 Å². The lowest BCUT2D eigenvalue weighted by atomic mass is 9.83. The molecule has 0 aliphatic carbocycles. The van der Waals surface area contributed by atoms with E-state index in [-0.39, 0.29) is 11.6 Å². The van der Waals surface area contributed by atoms with Gasteiger partial charge in [-0.05, 0) is 36.3 Å². The molecular weight excluding hydrogens is 476 g/mol. The van der Waals surface area contributed by atoms with Crippen LogP contribution in [-0.4, -0.2) is 12.6 Å². The van der Waals surface area contributed by atoms with Crippen LogP contribution in [0.1, 0.15) is 42.4 Å². The maximum atomic E-state index is 12.4. The zero-order chi connectivity index (χ0) is 25.5. The van der Waals surface area contributed by atoms with Crippen molar-refractivity contribution in [2.45, 2.75) is 25.7 Å². The van der Waals surface area contributed by atoms with E-state index in [0.29, 0.717) is 34.3 Å². The number of rotatable bonds is 8. The van der Waals surface area contributed by atoms with Crippen LogP contribution in [0.15, 0.2) is 84.3 Å². The number of nitrogens with two attached hydrogens (primary N) is 1. The van der Waals surface area contributed by atoms with Crippen molar-refractivity contribution < 1.29 is 19.0 Å². The summed E-state index contributed by atoms with van der Waals surface area (Å²) in [6, 6.07) is 22.0. The normalized spacial score (nSPS) is 14.6. The lowest BCUT2D eigenvalue weighted by molar-refractivity contribution is -0.128. The summed E-state index contributed by atoms with van der Waals surface area (Å²) in [5.41, 5.74) is 8.67. The summed E-state index contributed by atoms with van der Waals surface area (Å²) in [6.45, 7) is 2.67. The molecule has 0 fully saturated rings. The van der Waals surface area contributed by atoms with Gasteiger partial charge in [0, 0.05) is 28.3 Å². The molecular formula is C29H25ClN2O4. The molecule has 1 unspecified atom stereocenters. The number of esters is 1. The molecule has 0 saturated carbocycles. The Kier molecular flexibility index (Phi) is 7.94. The number of hydrogen-bond acceptors (Lipinski definition) is 6. The maximum Gasteiger partial charge on any atom is 0.336 e. The lowest BCUT2D eigenvalue weighted by Gasteiger charge is -2.28. The highest BCUT2D eigenvalue weighted by Crippen LogP contribution is 2.45. The van der Waals surface area contributed by atoms with Gasteiger partial charge in [0.15, 0.2) is 0 Å². The number of nitriles is 1. The summed E-state index contributed by atoms with van der Waals surface area (Å²) in [7, 11) is 0. The van der Waals surface area contributed by atoms with Crippen molar-refractivity contribution in [2.24, 2.45) is 5.73 Å². The third kappa shape index (κ3) is 5.54. The smallest absolute Gasteiger partial charge is 0.336 e. The van der Waals surface area contributed by atoms with Crippen molar-refractivity contribution in [1.29, 1.82) is 5.26 Å². The second-order valence-electron chi connectivity index (χ2n) is 8.14. The van der Waals surface area contributed by atoms with Crippen LogP contribution in [0.5, 0.6) is 17.2 Å². The van der Waals surface area contributed by atoms with Crippen LogP contribution in [0.2, 0.25) is 5.02 Å². The fraction of sp³-hybridized carbons (Fsp3) is 0.172. The summed E-state index contributed by atoms with van der Waals surface area (Å²) < 4.78 is 17.2. The first-order valence-electron chi connectivity index (χ1n) is 11.6. The van der Waals surface area contributed by atoms with E-state index in [2.05, 4.69) is 13.0 Å². The molecule has 0 radical (unpaired) electrons. The molecule has 1 atom stereocenters. The van der Waals surface area contributed by atoms with E-state index in [9.17, 15) is 10.1 Å². The number of allylic oxidation sites excluding steroid dienone is 1. The van der Waals surface area contributed by atoms with Gasteiger partial charge in [0.25, 0.3) is 0 Å². The molecule has 0 spiro atoms. The minimum absolute atomic E-state index is 0.000420. The standard InChI is InChI=1S/C29H25ClN2O4/c1-2-3-16-34-25-11-7-5-9-21(25)28-22-14-13-20(17-26(22)36-29(32)23(28)18-31)35-27(33)15-12-19-8-4-6-10-24(19)30/h4-15,17,28H,2-3,16,32H2,1H3/b15-12+. The minimum Gasteiger partial charge on any atom is -0.493 e. The largest absolute Gasteiger partial charge is 0.493 e. The molecule has 2 N–H and O–H groups in total. The second kappa shape index (κ2) is 11.5. The van der Waals surface area contributed by atoms with E-state index in [1.54, 1.807) is 36.4 Å². The van der Waals surface area contributed by atoms with Crippen molar-refractivity contribution in [3.8, 4) is 23.3 Å². The van der Waals surface area contributed by atoms with Crippen LogP contribution in [-0.2, 0) is 4.79 Å². The highest BCUT2D eigenvalue weighted by atomic mass is 35.5. The Balaban J connectivity index is 1.62. The average Bonchev–Trinajstić information content (AvgIpc) is 2.88. The Bertz CT molecular complexity index is 1370. The first-order chi connectivity index (χ1) is 17.5. The first-order valence-corrected chi connectivity index (χ1v) is 12.0. The van der Waals surface area contributed by atoms with Gasteiger partial charge in [-0.2, -0.15) is 5.26 Å². The molecule has 36 heavy (non-hydrogen) atoms. The Morgan fingerprint density at radius 2 is 1.92 bits per heavy atom. The van der Waals surface area contributed by atoms with Crippen molar-refractivity contribution in [3.05, 3.63) is 106 Å². The maximum absolute atomic E-state index is 12.4. The molecule has 0 bridgehead atoms. The number of nitrogens with zero attached hydrogens (tertiary/aromatic N) is 1. The van der Waals surface area contributed by atoms with Crippen molar-refractivity contribution in [2.75, 3.05) is 6.61 Å². The number of carbonyl (C=O) groups is 1. The number of halogens is 1. The molecule has 1 heterocycles. The molecule has 0 aromatic heterocycles. The average molecular weight is 501 g/mol. The monoisotopic (exact) mass is 500 g/mol. The Morgan fingerprint density at radius 1 is 1.14 bits per heavy atom. The predicted molar refractivity (Wildman–Crippen MR) is 139 cm³/mol. The molecule has 3 aromatic rings. The van der Waals surface area contributed by atoms with Crippen molar-refractivity contribution in [3.63, 3.8) is 0 Å². The first kappa shape index (κ1) is 24.9. The van der Waals surface area contributed by atoms with Gasteiger partial charge in [-0.3, -0.25) is 0 Å². The topological polar surface area (TPSA) is 94.6 Å². The van der Waals surface area contributed by atoms with E-state index in [4.69, 9.17) is 31.5 Å². The summed E-state index contributed by atoms with van der Waals surface area (Å²) >= 11 is 6.13. The second-order valence-corrected chi connectivity index (χ2v) is 8.55. The molecule has 4 rings (SSSR count). The van der Waals surface area contributed by atoms with Crippen molar-refractivity contribution in [1.82, 2.24) is 0 Å². The van der Waals surface area contributed by atoms with Gasteiger partial charge in [0.1, 0.15) is 28.9 Å². The van der Waals surface area contributed by atoms with Crippen LogP contribution in [0.25, 0.3) is 6.08 Å². The summed E-state index contributed by atoms with van der Waals surface area (Å²) in [5.74, 6) is 0.312. The molecule has 182 valence electrons. The van der Waals surface area contributed by atoms with Crippen LogP contribution in [0, 0.1) is 11.3 Å². The number of fused-ring (bicyclic) bond motifs is 1. The van der Waals surface area contributed by atoms with Crippen molar-refractivity contribution >= 4 is 23.6 Å². The van der Waals surface area contributed by atoms with Gasteiger partial charge < -0.3 is 19.9 Å². The van der Waals surface area contributed by atoms with Gasteiger partial charge in [-0.15, -0.1) is 0 Å². The highest BCUT2D eigenvalue weighted by Gasteiger charge is 2.32. The minimum atomic E-state index is -0.571. The highest BCUT2D eigenvalue weighted by molar-refractivity contribution is 6.32. The van der Waals surface area contributed by atoms with Crippen LogP contribution >= 0.6 is 11.6 Å². The van der Waals surface area contributed by atoms with E-state index in [0.717, 1.165) is 24.0 Å². The molecule has 0 saturated heterocycles. The summed E-state index contributed by atoms with van der Waals surface area (Å²) in [4.78, 5) is 12.4. The number of para-hydroxylation sites is 1. The Labute approximate surface area is 215 Å². The number of benzene rings is 3. The van der Waals surface area contributed by atoms with Crippen LogP contribution in [0.4, 0.5) is 0 Å². The molecule has 6 nitrogen and oxygen atoms in total.